The highest BCUT2D eigenvalue weighted by atomic mass is 16.6. The highest BCUT2D eigenvalue weighted by Gasteiger charge is 2.27. The van der Waals surface area contributed by atoms with Crippen molar-refractivity contribution >= 4 is 11.9 Å². The van der Waals surface area contributed by atoms with E-state index in [1.807, 2.05) is 26.0 Å². The summed E-state index contributed by atoms with van der Waals surface area (Å²) >= 11 is 0. The molecule has 6 heteroatoms. The highest BCUT2D eigenvalue weighted by Crippen LogP contribution is 2.25. The summed E-state index contributed by atoms with van der Waals surface area (Å²) in [5.74, 6) is -2.56. The van der Waals surface area contributed by atoms with Crippen molar-refractivity contribution in [2.24, 2.45) is 0 Å². The van der Waals surface area contributed by atoms with Gasteiger partial charge in [0.1, 0.15) is 5.60 Å². The molecule has 1 atom stereocenters. The maximum atomic E-state index is 12.1. The predicted molar refractivity (Wildman–Crippen MR) is 93.9 cm³/mol. The van der Waals surface area contributed by atoms with Crippen molar-refractivity contribution in [1.82, 2.24) is 9.78 Å². The predicted octanol–water partition coefficient (Wildman–Crippen LogP) is 3.39. The normalized spacial score (nSPS) is 12.7. The summed E-state index contributed by atoms with van der Waals surface area (Å²) in [4.78, 5) is 23.7. The van der Waals surface area contributed by atoms with Crippen LogP contribution in [0.1, 0.15) is 50.1 Å². The Bertz CT molecular complexity index is 787. The fourth-order valence-electron chi connectivity index (χ4n) is 2.66. The summed E-state index contributed by atoms with van der Waals surface area (Å²) in [6.45, 7) is 9.09. The lowest BCUT2D eigenvalue weighted by Crippen LogP contribution is -2.26. The number of ether oxygens (including phenoxy) is 1. The molecule has 0 amide bonds. The van der Waals surface area contributed by atoms with Gasteiger partial charge in [-0.05, 0) is 58.4 Å². The quantitative estimate of drug-likeness (QED) is 0.841. The number of carboxylic acid groups (broad SMARTS) is 1. The van der Waals surface area contributed by atoms with Gasteiger partial charge in [-0.25, -0.2) is 4.68 Å². The summed E-state index contributed by atoms with van der Waals surface area (Å²) < 4.78 is 7.01. The van der Waals surface area contributed by atoms with Crippen LogP contribution in [-0.4, -0.2) is 32.4 Å². The molecule has 2 rings (SSSR count). The average molecular weight is 344 g/mol. The number of hydrogen-bond donors (Lipinski definition) is 1. The molecule has 1 heterocycles. The van der Waals surface area contributed by atoms with Crippen LogP contribution >= 0.6 is 0 Å². The van der Waals surface area contributed by atoms with E-state index < -0.39 is 23.5 Å². The molecule has 6 nitrogen and oxygen atoms in total. The third-order valence-corrected chi connectivity index (χ3v) is 3.62. The fourth-order valence-corrected chi connectivity index (χ4v) is 2.66. The van der Waals surface area contributed by atoms with Gasteiger partial charge in [0, 0.05) is 5.69 Å². The van der Waals surface area contributed by atoms with Crippen LogP contribution in [-0.2, 0) is 14.3 Å². The Morgan fingerprint density at radius 2 is 1.92 bits per heavy atom. The van der Waals surface area contributed by atoms with Crippen molar-refractivity contribution in [1.29, 1.82) is 0 Å². The monoisotopic (exact) mass is 344 g/mol. The van der Waals surface area contributed by atoms with E-state index in [1.165, 1.54) is 0 Å². The Hall–Kier alpha value is -2.63. The zero-order valence-electron chi connectivity index (χ0n) is 15.2. The summed E-state index contributed by atoms with van der Waals surface area (Å²) in [5, 5.41) is 14.0. The number of benzene rings is 1. The molecule has 1 aromatic heterocycles. The number of aryl methyl sites for hydroxylation is 2. The second-order valence-corrected chi connectivity index (χ2v) is 7.12. The maximum Gasteiger partial charge on any atom is 0.311 e. The summed E-state index contributed by atoms with van der Waals surface area (Å²) in [5.41, 5.74) is 2.49. The van der Waals surface area contributed by atoms with Crippen molar-refractivity contribution in [3.8, 4) is 5.69 Å². The molecule has 0 saturated heterocycles. The molecule has 0 aliphatic carbocycles. The van der Waals surface area contributed by atoms with Gasteiger partial charge in [0.15, 0.2) is 0 Å². The van der Waals surface area contributed by atoms with Crippen LogP contribution in [0, 0.1) is 13.8 Å². The molecule has 0 aliphatic heterocycles. The van der Waals surface area contributed by atoms with E-state index in [2.05, 4.69) is 5.10 Å². The number of nitrogens with zero attached hydrogens (tertiary/aromatic N) is 2. The molecule has 0 spiro atoms. The van der Waals surface area contributed by atoms with E-state index >= 15 is 0 Å². The maximum absolute atomic E-state index is 12.1. The first-order valence-corrected chi connectivity index (χ1v) is 8.15. The van der Waals surface area contributed by atoms with Crippen molar-refractivity contribution in [2.45, 2.75) is 52.6 Å². The number of carbonyl (C=O) groups is 2. The number of esters is 1. The van der Waals surface area contributed by atoms with E-state index in [0.717, 1.165) is 17.1 Å². The molecule has 25 heavy (non-hydrogen) atoms. The molecule has 0 radical (unpaired) electrons. The number of aromatic nitrogens is 2. The van der Waals surface area contributed by atoms with Gasteiger partial charge in [0.25, 0.3) is 0 Å². The molecule has 0 fully saturated rings. The molecule has 0 saturated carbocycles. The fraction of sp³-hybridized carbons (Fsp3) is 0.421. The minimum atomic E-state index is -1.06. The molecule has 1 N–H and O–H groups in total. The van der Waals surface area contributed by atoms with Crippen LogP contribution in [0.25, 0.3) is 5.69 Å². The van der Waals surface area contributed by atoms with Gasteiger partial charge in [-0.3, -0.25) is 9.59 Å². The minimum Gasteiger partial charge on any atom is -0.481 e. The molecule has 0 aliphatic rings. The molecule has 134 valence electrons. The first-order valence-electron chi connectivity index (χ1n) is 8.15. The van der Waals surface area contributed by atoms with Gasteiger partial charge in [-0.2, -0.15) is 5.10 Å². The molecule has 1 aromatic carbocycles. The first kappa shape index (κ1) is 18.7. The molecular weight excluding hydrogens is 320 g/mol. The Balaban J connectivity index is 2.30. The molecule has 2 aromatic rings. The lowest BCUT2D eigenvalue weighted by molar-refractivity contribution is -0.158. The van der Waals surface area contributed by atoms with E-state index in [1.54, 1.807) is 43.7 Å². The number of aliphatic carboxylic acids is 1. The van der Waals surface area contributed by atoms with Gasteiger partial charge < -0.3 is 9.84 Å². The van der Waals surface area contributed by atoms with E-state index in [4.69, 9.17) is 4.74 Å². The largest absolute Gasteiger partial charge is 0.481 e. The van der Waals surface area contributed by atoms with Crippen molar-refractivity contribution in [3.63, 3.8) is 0 Å². The van der Waals surface area contributed by atoms with Crippen LogP contribution in [0.3, 0.4) is 0 Å². The third-order valence-electron chi connectivity index (χ3n) is 3.62. The van der Waals surface area contributed by atoms with E-state index in [-0.39, 0.29) is 6.42 Å². The van der Waals surface area contributed by atoms with Crippen LogP contribution in [0.5, 0.6) is 0 Å². The second-order valence-electron chi connectivity index (χ2n) is 7.12. The Kier molecular flexibility index (Phi) is 5.30. The number of hydrogen-bond acceptors (Lipinski definition) is 4. The van der Waals surface area contributed by atoms with Crippen molar-refractivity contribution < 1.29 is 19.4 Å². The van der Waals surface area contributed by atoms with Gasteiger partial charge in [-0.1, -0.05) is 12.1 Å². The summed E-state index contributed by atoms with van der Waals surface area (Å²) in [6, 6.07) is 9.03. The van der Waals surface area contributed by atoms with Crippen LogP contribution in [0.2, 0.25) is 0 Å². The lowest BCUT2D eigenvalue weighted by atomic mass is 9.95. The Labute approximate surface area is 147 Å². The minimum absolute atomic E-state index is 0.215. The van der Waals surface area contributed by atoms with Gasteiger partial charge >= 0.3 is 11.9 Å². The second kappa shape index (κ2) is 7.09. The van der Waals surface area contributed by atoms with Crippen LogP contribution in [0.15, 0.2) is 30.3 Å². The molecule has 0 bridgehead atoms. The van der Waals surface area contributed by atoms with E-state index in [0.29, 0.717) is 5.56 Å². The lowest BCUT2D eigenvalue weighted by Gasteiger charge is -2.21. The average Bonchev–Trinajstić information content (AvgIpc) is 2.81. The SMILES string of the molecule is Cc1cc(C)n(-c2cccc(C(CC(=O)OC(C)(C)C)C(=O)O)c2)n1. The van der Waals surface area contributed by atoms with Gasteiger partial charge in [0.05, 0.1) is 23.7 Å². The summed E-state index contributed by atoms with van der Waals surface area (Å²) in [6.07, 6.45) is -0.215. The van der Waals surface area contributed by atoms with Crippen LogP contribution in [0.4, 0.5) is 0 Å². The smallest absolute Gasteiger partial charge is 0.311 e. The highest BCUT2D eigenvalue weighted by molar-refractivity contribution is 5.83. The number of carbonyl (C=O) groups excluding carboxylic acids is 1. The van der Waals surface area contributed by atoms with Crippen molar-refractivity contribution in [3.05, 3.63) is 47.3 Å². The Morgan fingerprint density at radius 1 is 1.24 bits per heavy atom. The van der Waals surface area contributed by atoms with Gasteiger partial charge in [0.2, 0.25) is 0 Å². The third kappa shape index (κ3) is 4.92. The van der Waals surface area contributed by atoms with Gasteiger partial charge in [-0.15, -0.1) is 0 Å². The van der Waals surface area contributed by atoms with E-state index in [9.17, 15) is 14.7 Å². The molecule has 1 unspecified atom stereocenters. The first-order chi connectivity index (χ1) is 11.6. The summed E-state index contributed by atoms with van der Waals surface area (Å²) in [7, 11) is 0. The topological polar surface area (TPSA) is 81.4 Å². The molecular formula is C19H24N2O4. The Morgan fingerprint density at radius 3 is 2.44 bits per heavy atom. The standard InChI is InChI=1S/C19H24N2O4/c1-12-9-13(2)21(20-12)15-8-6-7-14(10-15)16(18(23)24)11-17(22)25-19(3,4)5/h6-10,16H,11H2,1-5H3,(H,23,24). The van der Waals surface area contributed by atoms with Crippen LogP contribution < -0.4 is 0 Å². The zero-order valence-corrected chi connectivity index (χ0v) is 15.2. The number of carboxylic acids is 1. The van der Waals surface area contributed by atoms with Crippen molar-refractivity contribution in [2.75, 3.05) is 0 Å². The number of rotatable bonds is 5. The zero-order chi connectivity index (χ0) is 18.8.